The minimum Gasteiger partial charge on any atom is -0.355 e. The fourth-order valence-corrected chi connectivity index (χ4v) is 5.40. The molecule has 2 aliphatic rings. The highest BCUT2D eigenvalue weighted by atomic mass is 35.5. The molecule has 0 saturated carbocycles. The first-order valence-corrected chi connectivity index (χ1v) is 13.4. The molecule has 2 aromatic carbocycles. The Morgan fingerprint density at radius 3 is 2.58 bits per heavy atom. The molecular formula is C28H33ClFN7O. The van der Waals surface area contributed by atoms with Crippen molar-refractivity contribution in [1.29, 1.82) is 0 Å². The summed E-state index contributed by atoms with van der Waals surface area (Å²) in [4.78, 5) is 26.1. The number of likely N-dealkylation sites (N-methyl/N-ethyl adjacent to an activating group) is 1. The summed E-state index contributed by atoms with van der Waals surface area (Å²) in [6.07, 6.45) is 5.90. The molecule has 1 aliphatic heterocycles. The Morgan fingerprint density at radius 2 is 1.82 bits per heavy atom. The Labute approximate surface area is 227 Å². The molecule has 3 N–H and O–H groups in total. The van der Waals surface area contributed by atoms with Gasteiger partial charge in [0, 0.05) is 45.0 Å². The smallest absolute Gasteiger partial charge is 0.253 e. The Hall–Kier alpha value is -3.27. The first-order chi connectivity index (χ1) is 18.4. The van der Waals surface area contributed by atoms with Gasteiger partial charge in [0.25, 0.3) is 5.91 Å². The summed E-state index contributed by atoms with van der Waals surface area (Å²) in [5, 5.41) is 8.87. The Morgan fingerprint density at radius 1 is 1.05 bits per heavy atom. The number of fused-ring (bicyclic) bond motifs is 1. The molecule has 1 unspecified atom stereocenters. The van der Waals surface area contributed by atoms with Crippen molar-refractivity contribution in [3.63, 3.8) is 0 Å². The highest BCUT2D eigenvalue weighted by Crippen LogP contribution is 2.30. The second-order valence-electron chi connectivity index (χ2n) is 9.94. The van der Waals surface area contributed by atoms with Gasteiger partial charge in [0.05, 0.1) is 17.4 Å². The second-order valence-corrected chi connectivity index (χ2v) is 10.3. The van der Waals surface area contributed by atoms with E-state index in [4.69, 9.17) is 11.6 Å². The third-order valence-electron chi connectivity index (χ3n) is 7.48. The van der Waals surface area contributed by atoms with Gasteiger partial charge in [-0.15, -0.1) is 0 Å². The molecule has 0 radical (unpaired) electrons. The van der Waals surface area contributed by atoms with Crippen LogP contribution >= 0.6 is 11.6 Å². The molecule has 10 heteroatoms. The van der Waals surface area contributed by atoms with Gasteiger partial charge in [0.15, 0.2) is 5.82 Å². The van der Waals surface area contributed by atoms with E-state index in [1.165, 1.54) is 49.0 Å². The zero-order valence-corrected chi connectivity index (χ0v) is 22.5. The molecule has 0 spiro atoms. The predicted octanol–water partition coefficient (Wildman–Crippen LogP) is 4.61. The first kappa shape index (κ1) is 26.3. The van der Waals surface area contributed by atoms with Crippen molar-refractivity contribution in [2.24, 2.45) is 0 Å². The Balaban J connectivity index is 1.30. The number of nitrogens with one attached hydrogen (secondary N) is 3. The number of anilines is 4. The third-order valence-corrected chi connectivity index (χ3v) is 7.76. The van der Waals surface area contributed by atoms with Crippen molar-refractivity contribution < 1.29 is 9.18 Å². The molecule has 8 nitrogen and oxygen atoms in total. The van der Waals surface area contributed by atoms with Gasteiger partial charge in [-0.1, -0.05) is 23.7 Å². The highest BCUT2D eigenvalue weighted by molar-refractivity contribution is 6.33. The van der Waals surface area contributed by atoms with E-state index in [0.29, 0.717) is 12.0 Å². The lowest BCUT2D eigenvalue weighted by molar-refractivity contribution is 0.0963. The van der Waals surface area contributed by atoms with Crippen LogP contribution in [0.5, 0.6) is 0 Å². The second kappa shape index (κ2) is 11.6. The van der Waals surface area contributed by atoms with Crippen LogP contribution in [0.2, 0.25) is 5.02 Å². The van der Waals surface area contributed by atoms with Gasteiger partial charge in [-0.05, 0) is 68.1 Å². The average Bonchev–Trinajstić information content (AvgIpc) is 3.14. The fraction of sp³-hybridized carbons (Fsp3) is 0.393. The van der Waals surface area contributed by atoms with Gasteiger partial charge in [-0.3, -0.25) is 9.69 Å². The number of benzene rings is 2. The topological polar surface area (TPSA) is 85.4 Å². The van der Waals surface area contributed by atoms with E-state index < -0.39 is 11.7 Å². The standard InChI is InChI=1S/C28H33ClFN7O/c1-31-27(38)22-4-3-5-24(30)25(22)34-26-23(29)17-32-28(35-26)33-20-9-6-18-7-10-21(11-8-19(18)16-20)37-14-12-36(2)13-15-37/h3-6,9,16-17,21H,7-8,10-15H2,1-2H3,(H,31,38)(H2,32,33,34,35). The van der Waals surface area contributed by atoms with E-state index in [2.05, 4.69) is 54.9 Å². The van der Waals surface area contributed by atoms with Crippen molar-refractivity contribution in [3.8, 4) is 0 Å². The summed E-state index contributed by atoms with van der Waals surface area (Å²) in [7, 11) is 3.68. The monoisotopic (exact) mass is 537 g/mol. The number of aromatic nitrogens is 2. The maximum absolute atomic E-state index is 14.6. The van der Waals surface area contributed by atoms with Gasteiger partial charge >= 0.3 is 0 Å². The number of aryl methyl sites for hydroxylation is 2. The Kier molecular flexibility index (Phi) is 8.06. The number of para-hydroxylation sites is 1. The van der Waals surface area contributed by atoms with Gasteiger partial charge in [-0.25, -0.2) is 9.37 Å². The van der Waals surface area contributed by atoms with Gasteiger partial charge in [-0.2, -0.15) is 4.98 Å². The summed E-state index contributed by atoms with van der Waals surface area (Å²) in [6.45, 7) is 4.57. The maximum atomic E-state index is 14.6. The summed E-state index contributed by atoms with van der Waals surface area (Å²) in [5.74, 6) is -0.492. The molecule has 3 aromatic rings. The minimum absolute atomic E-state index is 0.00154. The summed E-state index contributed by atoms with van der Waals surface area (Å²) in [6, 6.07) is 11.3. The number of halogens is 2. The molecule has 1 amide bonds. The summed E-state index contributed by atoms with van der Waals surface area (Å²) < 4.78 is 14.6. The van der Waals surface area contributed by atoms with Crippen LogP contribution in [-0.2, 0) is 12.8 Å². The number of hydrogen-bond acceptors (Lipinski definition) is 7. The fourth-order valence-electron chi connectivity index (χ4n) is 5.26. The predicted molar refractivity (Wildman–Crippen MR) is 149 cm³/mol. The number of amides is 1. The van der Waals surface area contributed by atoms with Crippen LogP contribution in [0.4, 0.5) is 27.5 Å². The molecule has 38 heavy (non-hydrogen) atoms. The van der Waals surface area contributed by atoms with Crippen molar-refractivity contribution in [3.05, 3.63) is 70.1 Å². The van der Waals surface area contributed by atoms with E-state index >= 15 is 0 Å². The number of rotatable bonds is 6. The molecule has 5 rings (SSSR count). The van der Waals surface area contributed by atoms with Gasteiger partial charge in [0.2, 0.25) is 5.95 Å². The van der Waals surface area contributed by atoms with Crippen LogP contribution in [0.15, 0.2) is 42.6 Å². The molecule has 1 fully saturated rings. The van der Waals surface area contributed by atoms with E-state index in [1.807, 2.05) is 6.07 Å². The van der Waals surface area contributed by atoms with Crippen molar-refractivity contribution in [1.82, 2.24) is 25.1 Å². The molecule has 200 valence electrons. The minimum atomic E-state index is -0.587. The lowest BCUT2D eigenvalue weighted by Gasteiger charge is -2.37. The van der Waals surface area contributed by atoms with Crippen LogP contribution in [-0.4, -0.2) is 72.0 Å². The van der Waals surface area contributed by atoms with Gasteiger partial charge in [0.1, 0.15) is 10.8 Å². The normalized spacial score (nSPS) is 18.4. The number of nitrogens with zero attached hydrogens (tertiary/aromatic N) is 4. The van der Waals surface area contributed by atoms with E-state index in [1.54, 1.807) is 0 Å². The van der Waals surface area contributed by atoms with E-state index in [9.17, 15) is 9.18 Å². The zero-order valence-electron chi connectivity index (χ0n) is 21.7. The molecule has 1 aromatic heterocycles. The number of carbonyl (C=O) groups excluding carboxylic acids is 1. The molecule has 1 atom stereocenters. The van der Waals surface area contributed by atoms with Crippen LogP contribution in [0, 0.1) is 5.82 Å². The first-order valence-electron chi connectivity index (χ1n) is 13.0. The van der Waals surface area contributed by atoms with E-state index in [-0.39, 0.29) is 22.1 Å². The van der Waals surface area contributed by atoms with Crippen molar-refractivity contribution in [2.75, 3.05) is 50.9 Å². The van der Waals surface area contributed by atoms with E-state index in [0.717, 1.165) is 51.1 Å². The third kappa shape index (κ3) is 5.90. The highest BCUT2D eigenvalue weighted by Gasteiger charge is 2.25. The van der Waals surface area contributed by atoms with Crippen LogP contribution in [0.3, 0.4) is 0 Å². The lowest BCUT2D eigenvalue weighted by Crippen LogP contribution is -2.49. The number of carbonyl (C=O) groups is 1. The maximum Gasteiger partial charge on any atom is 0.253 e. The van der Waals surface area contributed by atoms with Crippen LogP contribution in [0.25, 0.3) is 0 Å². The van der Waals surface area contributed by atoms with Crippen LogP contribution in [0.1, 0.15) is 34.3 Å². The van der Waals surface area contributed by atoms with Gasteiger partial charge < -0.3 is 20.9 Å². The molecule has 1 saturated heterocycles. The zero-order chi connectivity index (χ0) is 26.6. The lowest BCUT2D eigenvalue weighted by atomic mass is 10.0. The summed E-state index contributed by atoms with van der Waals surface area (Å²) >= 11 is 6.32. The van der Waals surface area contributed by atoms with Crippen LogP contribution < -0.4 is 16.0 Å². The average molecular weight is 538 g/mol. The van der Waals surface area contributed by atoms with Crippen molar-refractivity contribution in [2.45, 2.75) is 31.7 Å². The number of piperazine rings is 1. The Bertz CT molecular complexity index is 1310. The number of hydrogen-bond donors (Lipinski definition) is 3. The molecular weight excluding hydrogens is 505 g/mol. The molecule has 2 heterocycles. The SMILES string of the molecule is CNC(=O)c1cccc(F)c1Nc1nc(Nc2ccc3c(c2)CCC(N2CCN(C)CC2)CC3)ncc1Cl. The molecule has 1 aliphatic carbocycles. The quantitative estimate of drug-likeness (QED) is 0.396. The largest absolute Gasteiger partial charge is 0.355 e. The molecule has 0 bridgehead atoms. The van der Waals surface area contributed by atoms with Crippen molar-refractivity contribution >= 4 is 40.6 Å². The summed E-state index contributed by atoms with van der Waals surface area (Å²) in [5.41, 5.74) is 3.77.